The normalized spacial score (nSPS) is 45.1. The van der Waals surface area contributed by atoms with Crippen molar-refractivity contribution in [1.82, 2.24) is 0 Å². The van der Waals surface area contributed by atoms with Crippen LogP contribution in [0.25, 0.3) is 0 Å². The van der Waals surface area contributed by atoms with Gasteiger partial charge in [0.1, 0.15) is 17.8 Å². The van der Waals surface area contributed by atoms with Gasteiger partial charge in [0.05, 0.1) is 12.2 Å². The molecular formula is C17H28O5S. The molecule has 2 aliphatic rings. The van der Waals surface area contributed by atoms with E-state index in [0.717, 1.165) is 0 Å². The number of epoxide rings is 1. The molecule has 0 spiro atoms. The van der Waals surface area contributed by atoms with Crippen LogP contribution in [0.15, 0.2) is 22.6 Å². The van der Waals surface area contributed by atoms with E-state index in [1.54, 1.807) is 12.3 Å². The number of allylic oxidation sites excluding steroid dienone is 1. The third-order valence-corrected chi connectivity index (χ3v) is 5.58. The molecule has 1 aliphatic heterocycles. The fraction of sp³-hybridized carbons (Fsp3) is 0.765. The van der Waals surface area contributed by atoms with Gasteiger partial charge >= 0.3 is 0 Å². The fourth-order valence-electron chi connectivity index (χ4n) is 3.54. The summed E-state index contributed by atoms with van der Waals surface area (Å²) in [5.41, 5.74) is -0.749. The third kappa shape index (κ3) is 3.13. The summed E-state index contributed by atoms with van der Waals surface area (Å²) < 4.78 is 11.2. The first-order valence-electron chi connectivity index (χ1n) is 7.86. The summed E-state index contributed by atoms with van der Waals surface area (Å²) in [4.78, 5) is 0. The first kappa shape index (κ1) is 19.0. The van der Waals surface area contributed by atoms with Crippen molar-refractivity contribution in [1.29, 1.82) is 0 Å². The zero-order chi connectivity index (χ0) is 17.4. The van der Waals surface area contributed by atoms with Gasteiger partial charge in [0.2, 0.25) is 0 Å². The van der Waals surface area contributed by atoms with Crippen LogP contribution in [0.4, 0.5) is 0 Å². The second-order valence-corrected chi connectivity index (χ2v) is 7.51. The highest BCUT2D eigenvalue weighted by molar-refractivity contribution is 8.01. The molecule has 0 unspecified atom stereocenters. The molecule has 6 atom stereocenters. The highest BCUT2D eigenvalue weighted by Crippen LogP contribution is 2.54. The lowest BCUT2D eigenvalue weighted by Gasteiger charge is -2.48. The SMILES string of the molecule is CO[C@@H]1[C@H](O)C(=CSC)C[C@@H](O)[C@@]1(O)[C@@]1(C)O[C@H]1CC=C(C)C. The fourth-order valence-corrected chi connectivity index (χ4v) is 4.08. The van der Waals surface area contributed by atoms with E-state index in [1.807, 2.05) is 26.2 Å². The van der Waals surface area contributed by atoms with Crippen molar-refractivity contribution in [2.75, 3.05) is 13.4 Å². The summed E-state index contributed by atoms with van der Waals surface area (Å²) in [7, 11) is 1.43. The van der Waals surface area contributed by atoms with Crippen molar-refractivity contribution in [3.8, 4) is 0 Å². The summed E-state index contributed by atoms with van der Waals surface area (Å²) in [5.74, 6) is 0. The topological polar surface area (TPSA) is 82.5 Å². The van der Waals surface area contributed by atoms with Crippen LogP contribution in [0, 0.1) is 0 Å². The molecule has 0 aromatic rings. The van der Waals surface area contributed by atoms with Gasteiger partial charge in [-0.25, -0.2) is 0 Å². The number of aliphatic hydroxyl groups excluding tert-OH is 2. The van der Waals surface area contributed by atoms with Crippen molar-refractivity contribution in [3.63, 3.8) is 0 Å². The van der Waals surface area contributed by atoms with E-state index in [2.05, 4.69) is 0 Å². The molecule has 0 aromatic carbocycles. The average Bonchev–Trinajstić information content (AvgIpc) is 3.16. The van der Waals surface area contributed by atoms with Gasteiger partial charge in [0.25, 0.3) is 0 Å². The standard InChI is InChI=1S/C17H28O5S/c1-10(2)6-7-13-16(3,22-13)17(20)12(18)8-11(9-23-5)14(19)15(17)21-4/h6,9,12-15,18-20H,7-8H2,1-5H3/t12-,13+,14-,15-,16+,17+/m1/s1. The molecule has 0 radical (unpaired) electrons. The van der Waals surface area contributed by atoms with E-state index in [-0.39, 0.29) is 12.5 Å². The minimum absolute atomic E-state index is 0.201. The Hall–Kier alpha value is -0.370. The molecule has 3 N–H and O–H groups in total. The number of hydrogen-bond acceptors (Lipinski definition) is 6. The van der Waals surface area contributed by atoms with Crippen LogP contribution in [-0.2, 0) is 9.47 Å². The smallest absolute Gasteiger partial charge is 0.151 e. The van der Waals surface area contributed by atoms with Gasteiger partial charge in [0, 0.05) is 13.5 Å². The predicted octanol–water partition coefficient (Wildman–Crippen LogP) is 1.62. The molecule has 6 heteroatoms. The molecule has 23 heavy (non-hydrogen) atoms. The highest BCUT2D eigenvalue weighted by Gasteiger charge is 2.72. The molecule has 2 fully saturated rings. The first-order chi connectivity index (χ1) is 10.7. The first-order valence-corrected chi connectivity index (χ1v) is 9.15. The van der Waals surface area contributed by atoms with Crippen LogP contribution in [0.5, 0.6) is 0 Å². The molecule has 2 rings (SSSR count). The van der Waals surface area contributed by atoms with Crippen LogP contribution in [-0.4, -0.2) is 64.3 Å². The molecule has 1 saturated carbocycles. The van der Waals surface area contributed by atoms with E-state index >= 15 is 0 Å². The van der Waals surface area contributed by atoms with Gasteiger partial charge in [-0.3, -0.25) is 0 Å². The number of thioether (sulfide) groups is 1. The molecular weight excluding hydrogens is 316 g/mol. The molecule has 5 nitrogen and oxygen atoms in total. The van der Waals surface area contributed by atoms with Gasteiger partial charge < -0.3 is 24.8 Å². The Morgan fingerprint density at radius 1 is 1.43 bits per heavy atom. The van der Waals surface area contributed by atoms with Crippen LogP contribution < -0.4 is 0 Å². The number of methoxy groups -OCH3 is 1. The summed E-state index contributed by atoms with van der Waals surface area (Å²) in [6.07, 6.45) is 1.63. The zero-order valence-electron chi connectivity index (χ0n) is 14.4. The average molecular weight is 344 g/mol. The van der Waals surface area contributed by atoms with E-state index in [4.69, 9.17) is 9.47 Å². The molecule has 0 amide bonds. The summed E-state index contributed by atoms with van der Waals surface area (Å²) in [6.45, 7) is 5.79. The van der Waals surface area contributed by atoms with E-state index in [9.17, 15) is 15.3 Å². The number of rotatable bonds is 5. The lowest BCUT2D eigenvalue weighted by molar-refractivity contribution is -0.223. The van der Waals surface area contributed by atoms with Crippen LogP contribution >= 0.6 is 11.8 Å². The number of ether oxygens (including phenoxy) is 2. The number of aliphatic hydroxyl groups is 3. The molecule has 1 heterocycles. The maximum atomic E-state index is 11.3. The van der Waals surface area contributed by atoms with E-state index < -0.39 is 29.5 Å². The Balaban J connectivity index is 2.29. The third-order valence-electron chi connectivity index (χ3n) is 5.04. The van der Waals surface area contributed by atoms with E-state index in [0.29, 0.717) is 12.0 Å². The zero-order valence-corrected chi connectivity index (χ0v) is 15.3. The van der Waals surface area contributed by atoms with Gasteiger partial charge in [0.15, 0.2) is 5.60 Å². The predicted molar refractivity (Wildman–Crippen MR) is 91.3 cm³/mol. The van der Waals surface area contributed by atoms with Crippen molar-refractivity contribution in [2.24, 2.45) is 0 Å². The monoisotopic (exact) mass is 344 g/mol. The largest absolute Gasteiger partial charge is 0.390 e. The minimum atomic E-state index is -1.66. The second kappa shape index (κ2) is 6.86. The maximum absolute atomic E-state index is 11.3. The van der Waals surface area contributed by atoms with Crippen molar-refractivity contribution in [3.05, 3.63) is 22.6 Å². The molecule has 1 aliphatic carbocycles. The summed E-state index contributed by atoms with van der Waals surface area (Å²) in [6, 6.07) is 0. The molecule has 1 saturated heterocycles. The van der Waals surface area contributed by atoms with Crippen LogP contribution in [0.2, 0.25) is 0 Å². The Morgan fingerprint density at radius 2 is 2.09 bits per heavy atom. The van der Waals surface area contributed by atoms with E-state index in [1.165, 1.54) is 24.4 Å². The van der Waals surface area contributed by atoms with Crippen molar-refractivity contribution >= 4 is 11.8 Å². The maximum Gasteiger partial charge on any atom is 0.151 e. The van der Waals surface area contributed by atoms with Gasteiger partial charge in [-0.15, -0.1) is 11.8 Å². The van der Waals surface area contributed by atoms with Crippen LogP contribution in [0.3, 0.4) is 0 Å². The molecule has 132 valence electrons. The Kier molecular flexibility index (Phi) is 5.66. The molecule has 0 aromatic heterocycles. The Morgan fingerprint density at radius 3 is 2.61 bits per heavy atom. The Bertz CT molecular complexity index is 501. The lowest BCUT2D eigenvalue weighted by atomic mass is 9.68. The van der Waals surface area contributed by atoms with Crippen molar-refractivity contribution < 1.29 is 24.8 Å². The summed E-state index contributed by atoms with van der Waals surface area (Å²) in [5, 5.41) is 34.3. The quantitative estimate of drug-likeness (QED) is 0.519. The minimum Gasteiger partial charge on any atom is -0.390 e. The Labute approximate surface area is 142 Å². The lowest BCUT2D eigenvalue weighted by Crippen LogP contribution is -2.68. The van der Waals surface area contributed by atoms with Gasteiger partial charge in [-0.1, -0.05) is 11.6 Å². The van der Waals surface area contributed by atoms with Gasteiger partial charge in [-0.05, 0) is 44.4 Å². The second-order valence-electron chi connectivity index (χ2n) is 6.81. The van der Waals surface area contributed by atoms with Crippen LogP contribution in [0.1, 0.15) is 33.6 Å². The molecule has 0 bridgehead atoms. The highest BCUT2D eigenvalue weighted by atomic mass is 32.2. The van der Waals surface area contributed by atoms with Gasteiger partial charge in [-0.2, -0.15) is 0 Å². The summed E-state index contributed by atoms with van der Waals surface area (Å²) >= 11 is 1.45. The van der Waals surface area contributed by atoms with Crippen molar-refractivity contribution in [2.45, 2.75) is 69.2 Å². The number of hydrogen-bond donors (Lipinski definition) is 3.